The van der Waals surface area contributed by atoms with E-state index >= 15 is 0 Å². The standard InChI is InChI=1S/C19H27N3O2/c1-13-16-12-21-22(19-4-2-3-11-23-19)17(16)9-10-18(13)24-15-7-5-14(20)6-8-15/h9-10,12,14-15,19H,2-8,11,20H2,1H3/t14-,15-,19?. The number of aryl methyl sites for hydroxylation is 1. The summed E-state index contributed by atoms with van der Waals surface area (Å²) in [7, 11) is 0. The second-order valence-electron chi connectivity index (χ2n) is 7.19. The molecule has 1 saturated carbocycles. The molecule has 1 aliphatic carbocycles. The summed E-state index contributed by atoms with van der Waals surface area (Å²) in [4.78, 5) is 0. The Bertz CT molecular complexity index is 698. The number of hydrogen-bond donors (Lipinski definition) is 1. The highest BCUT2D eigenvalue weighted by atomic mass is 16.5. The zero-order valence-electron chi connectivity index (χ0n) is 14.4. The Labute approximate surface area is 143 Å². The average molecular weight is 329 g/mol. The van der Waals surface area contributed by atoms with Crippen LogP contribution in [0.3, 0.4) is 0 Å². The predicted octanol–water partition coefficient (Wildman–Crippen LogP) is 3.69. The Kier molecular flexibility index (Phi) is 4.46. The molecule has 24 heavy (non-hydrogen) atoms. The van der Waals surface area contributed by atoms with Crippen molar-refractivity contribution in [2.45, 2.75) is 70.2 Å². The Morgan fingerprint density at radius 3 is 2.75 bits per heavy atom. The summed E-state index contributed by atoms with van der Waals surface area (Å²) in [5.74, 6) is 0.979. The quantitative estimate of drug-likeness (QED) is 0.933. The minimum absolute atomic E-state index is 0.0715. The van der Waals surface area contributed by atoms with Gasteiger partial charge in [0.05, 0.1) is 17.8 Å². The molecule has 2 heterocycles. The predicted molar refractivity (Wildman–Crippen MR) is 94.2 cm³/mol. The zero-order valence-corrected chi connectivity index (χ0v) is 14.4. The molecule has 1 aromatic heterocycles. The number of hydrogen-bond acceptors (Lipinski definition) is 4. The molecule has 2 fully saturated rings. The lowest BCUT2D eigenvalue weighted by atomic mass is 9.93. The summed E-state index contributed by atoms with van der Waals surface area (Å²) >= 11 is 0. The molecule has 130 valence electrons. The van der Waals surface area contributed by atoms with E-state index in [1.165, 1.54) is 12.0 Å². The van der Waals surface area contributed by atoms with E-state index < -0.39 is 0 Å². The van der Waals surface area contributed by atoms with Gasteiger partial charge >= 0.3 is 0 Å². The van der Waals surface area contributed by atoms with Gasteiger partial charge in [-0.1, -0.05) is 0 Å². The SMILES string of the molecule is Cc1c(O[C@H]2CC[C@H](N)CC2)ccc2c1cnn2C1CCCCO1. The lowest BCUT2D eigenvalue weighted by molar-refractivity contribution is -0.0366. The van der Waals surface area contributed by atoms with E-state index in [1.54, 1.807) is 0 Å². The summed E-state index contributed by atoms with van der Waals surface area (Å²) in [5.41, 5.74) is 8.30. The van der Waals surface area contributed by atoms with Crippen LogP contribution >= 0.6 is 0 Å². The van der Waals surface area contributed by atoms with E-state index in [2.05, 4.69) is 24.2 Å². The lowest BCUT2D eigenvalue weighted by Gasteiger charge is -2.27. The third-order valence-electron chi connectivity index (χ3n) is 5.44. The van der Waals surface area contributed by atoms with Crippen molar-refractivity contribution >= 4 is 10.9 Å². The maximum Gasteiger partial charge on any atom is 0.150 e. The second-order valence-corrected chi connectivity index (χ2v) is 7.19. The van der Waals surface area contributed by atoms with E-state index in [1.807, 2.05) is 10.9 Å². The third-order valence-corrected chi connectivity index (χ3v) is 5.44. The van der Waals surface area contributed by atoms with Crippen LogP contribution in [0.25, 0.3) is 10.9 Å². The van der Waals surface area contributed by atoms with Crippen molar-refractivity contribution in [3.63, 3.8) is 0 Å². The highest BCUT2D eigenvalue weighted by Crippen LogP contribution is 2.33. The minimum atomic E-state index is 0.0715. The molecule has 5 nitrogen and oxygen atoms in total. The summed E-state index contributed by atoms with van der Waals surface area (Å²) < 4.78 is 14.2. The number of aromatic nitrogens is 2. The third kappa shape index (κ3) is 3.03. The molecule has 2 aliphatic rings. The smallest absolute Gasteiger partial charge is 0.150 e. The van der Waals surface area contributed by atoms with Crippen molar-refractivity contribution in [2.75, 3.05) is 6.61 Å². The largest absolute Gasteiger partial charge is 0.490 e. The highest BCUT2D eigenvalue weighted by molar-refractivity contribution is 5.84. The van der Waals surface area contributed by atoms with Crippen molar-refractivity contribution in [3.8, 4) is 5.75 Å². The molecule has 1 aromatic carbocycles. The molecule has 2 N–H and O–H groups in total. The molecule has 5 heteroatoms. The first-order chi connectivity index (χ1) is 11.7. The molecular formula is C19H27N3O2. The van der Waals surface area contributed by atoms with Crippen molar-refractivity contribution in [3.05, 3.63) is 23.9 Å². The molecule has 2 aromatic rings. The van der Waals surface area contributed by atoms with Gasteiger partial charge in [0, 0.05) is 23.6 Å². The summed E-state index contributed by atoms with van der Waals surface area (Å²) in [6.45, 7) is 2.95. The Morgan fingerprint density at radius 2 is 2.00 bits per heavy atom. The van der Waals surface area contributed by atoms with Gasteiger partial charge in [-0.2, -0.15) is 5.10 Å². The number of benzene rings is 1. The van der Waals surface area contributed by atoms with Gasteiger partial charge in [-0.25, -0.2) is 4.68 Å². The first-order valence-electron chi connectivity index (χ1n) is 9.23. The molecule has 0 amide bonds. The monoisotopic (exact) mass is 329 g/mol. The molecule has 4 rings (SSSR count). The van der Waals surface area contributed by atoms with Gasteiger partial charge < -0.3 is 15.2 Å². The minimum Gasteiger partial charge on any atom is -0.490 e. The van der Waals surface area contributed by atoms with Crippen LogP contribution < -0.4 is 10.5 Å². The molecule has 0 spiro atoms. The van der Waals surface area contributed by atoms with Gasteiger partial charge in [0.2, 0.25) is 0 Å². The molecule has 0 radical (unpaired) electrons. The van der Waals surface area contributed by atoms with Crippen molar-refractivity contribution < 1.29 is 9.47 Å². The van der Waals surface area contributed by atoms with E-state index in [9.17, 15) is 0 Å². The first kappa shape index (κ1) is 15.9. The van der Waals surface area contributed by atoms with E-state index in [0.717, 1.165) is 61.8 Å². The normalized spacial score (nSPS) is 28.2. The Balaban J connectivity index is 1.57. The van der Waals surface area contributed by atoms with Gasteiger partial charge in [-0.15, -0.1) is 0 Å². The van der Waals surface area contributed by atoms with Crippen LogP contribution in [0.2, 0.25) is 0 Å². The fourth-order valence-corrected chi connectivity index (χ4v) is 3.90. The molecular weight excluding hydrogens is 302 g/mol. The first-order valence-corrected chi connectivity index (χ1v) is 9.23. The highest BCUT2D eigenvalue weighted by Gasteiger charge is 2.22. The number of nitrogens with zero attached hydrogens (tertiary/aromatic N) is 2. The summed E-state index contributed by atoms with van der Waals surface area (Å²) in [6.07, 6.45) is 9.92. The summed E-state index contributed by atoms with van der Waals surface area (Å²) in [5, 5.41) is 5.76. The molecule has 1 unspecified atom stereocenters. The van der Waals surface area contributed by atoms with Gasteiger partial charge in [0.25, 0.3) is 0 Å². The number of fused-ring (bicyclic) bond motifs is 1. The van der Waals surface area contributed by atoms with Crippen molar-refractivity contribution in [1.29, 1.82) is 0 Å². The van der Waals surface area contributed by atoms with Crippen LogP contribution in [0.4, 0.5) is 0 Å². The van der Waals surface area contributed by atoms with Crippen LogP contribution in [0.5, 0.6) is 5.75 Å². The maximum absolute atomic E-state index is 6.27. The topological polar surface area (TPSA) is 62.3 Å². The van der Waals surface area contributed by atoms with Gasteiger partial charge in [-0.3, -0.25) is 0 Å². The molecule has 0 bridgehead atoms. The second kappa shape index (κ2) is 6.73. The van der Waals surface area contributed by atoms with Crippen LogP contribution in [-0.4, -0.2) is 28.5 Å². The number of nitrogens with two attached hydrogens (primary N) is 1. The lowest BCUT2D eigenvalue weighted by Crippen LogP contribution is -2.31. The van der Waals surface area contributed by atoms with Crippen LogP contribution in [0.15, 0.2) is 18.3 Å². The fraction of sp³-hybridized carbons (Fsp3) is 0.632. The Hall–Kier alpha value is -1.59. The Morgan fingerprint density at radius 1 is 1.17 bits per heavy atom. The van der Waals surface area contributed by atoms with Crippen LogP contribution in [0, 0.1) is 6.92 Å². The fourth-order valence-electron chi connectivity index (χ4n) is 3.90. The maximum atomic E-state index is 6.27. The van der Waals surface area contributed by atoms with Crippen LogP contribution in [-0.2, 0) is 4.74 Å². The van der Waals surface area contributed by atoms with Crippen molar-refractivity contribution in [1.82, 2.24) is 9.78 Å². The van der Waals surface area contributed by atoms with E-state index in [-0.39, 0.29) is 12.3 Å². The average Bonchev–Trinajstić information content (AvgIpc) is 3.05. The molecule has 1 aliphatic heterocycles. The number of ether oxygens (including phenoxy) is 2. The van der Waals surface area contributed by atoms with Crippen LogP contribution in [0.1, 0.15) is 56.7 Å². The molecule has 1 atom stereocenters. The molecule has 1 saturated heterocycles. The van der Waals surface area contributed by atoms with Gasteiger partial charge in [0.1, 0.15) is 5.75 Å². The summed E-state index contributed by atoms with van der Waals surface area (Å²) in [6, 6.07) is 4.56. The number of rotatable bonds is 3. The van der Waals surface area contributed by atoms with E-state index in [4.69, 9.17) is 15.2 Å². The van der Waals surface area contributed by atoms with Gasteiger partial charge in [-0.05, 0) is 64.0 Å². The van der Waals surface area contributed by atoms with Gasteiger partial charge in [0.15, 0.2) is 6.23 Å². The van der Waals surface area contributed by atoms with Crippen molar-refractivity contribution in [2.24, 2.45) is 5.73 Å². The van der Waals surface area contributed by atoms with E-state index in [0.29, 0.717) is 6.04 Å². The zero-order chi connectivity index (χ0) is 16.5.